The molecule has 1 fully saturated rings. The first-order valence-electron chi connectivity index (χ1n) is 5.69. The van der Waals surface area contributed by atoms with E-state index in [4.69, 9.17) is 14.6 Å². The minimum Gasteiger partial charge on any atom is -0.394 e. The van der Waals surface area contributed by atoms with E-state index in [1.165, 1.54) is 20.8 Å². The molecule has 2 unspecified atom stereocenters. The van der Waals surface area contributed by atoms with Crippen molar-refractivity contribution >= 4 is 0 Å². The summed E-state index contributed by atoms with van der Waals surface area (Å²) < 4.78 is 10.5. The lowest BCUT2D eigenvalue weighted by Gasteiger charge is -2.34. The Hall–Kier alpha value is -0.240. The Balaban J connectivity index is 2.79. The second-order valence-corrected chi connectivity index (χ2v) is 5.25. The lowest BCUT2D eigenvalue weighted by atomic mass is 9.95. The van der Waals surface area contributed by atoms with Gasteiger partial charge in [-0.25, -0.2) is 0 Å². The summed E-state index contributed by atoms with van der Waals surface area (Å²) in [6, 6.07) is 0. The topological polar surface area (TPSA) is 99.4 Å². The molecular weight excluding hydrogens is 228 g/mol. The molecule has 6 heteroatoms. The van der Waals surface area contributed by atoms with Crippen LogP contribution in [-0.2, 0) is 9.47 Å². The Morgan fingerprint density at radius 1 is 1.47 bits per heavy atom. The Bertz CT molecular complexity index is 247. The molecule has 0 saturated carbocycles. The van der Waals surface area contributed by atoms with Crippen molar-refractivity contribution < 1.29 is 29.9 Å². The summed E-state index contributed by atoms with van der Waals surface area (Å²) in [5.74, 6) is -1.41. The lowest BCUT2D eigenvalue weighted by Crippen LogP contribution is -2.48. The van der Waals surface area contributed by atoms with Crippen LogP contribution in [0.3, 0.4) is 0 Å². The standard InChI is InChI=1S/C11H22O6/c1-10(2,14)17-9-4-7(13)8(5-12)16-6-11(9,3)15/h7-9,12-15H,4-6H2,1-3H3/t7-,8?,9?,11+/m0/s1. The van der Waals surface area contributed by atoms with Gasteiger partial charge in [-0.15, -0.1) is 0 Å². The first-order chi connectivity index (χ1) is 7.65. The molecule has 0 aliphatic carbocycles. The monoisotopic (exact) mass is 250 g/mol. The number of hydrogen-bond donors (Lipinski definition) is 4. The van der Waals surface area contributed by atoms with Crippen LogP contribution in [-0.4, -0.2) is 63.3 Å². The summed E-state index contributed by atoms with van der Waals surface area (Å²) in [5, 5.41) is 38.6. The predicted octanol–water partition coefficient (Wildman–Crippen LogP) is -1.01. The molecule has 1 aliphatic heterocycles. The quantitative estimate of drug-likeness (QED) is 0.479. The summed E-state index contributed by atoms with van der Waals surface area (Å²) in [6.45, 7) is 4.01. The third-order valence-electron chi connectivity index (χ3n) is 2.78. The molecule has 1 heterocycles. The molecular formula is C11H22O6. The van der Waals surface area contributed by atoms with Gasteiger partial charge in [0, 0.05) is 6.42 Å². The first-order valence-corrected chi connectivity index (χ1v) is 5.69. The summed E-state index contributed by atoms with van der Waals surface area (Å²) in [7, 11) is 0. The van der Waals surface area contributed by atoms with Gasteiger partial charge in [-0.3, -0.25) is 0 Å². The number of aliphatic hydroxyl groups excluding tert-OH is 2. The molecule has 17 heavy (non-hydrogen) atoms. The molecule has 102 valence electrons. The second kappa shape index (κ2) is 5.17. The van der Waals surface area contributed by atoms with E-state index in [1.54, 1.807) is 0 Å². The van der Waals surface area contributed by atoms with Crippen LogP contribution in [0.25, 0.3) is 0 Å². The van der Waals surface area contributed by atoms with E-state index in [-0.39, 0.29) is 19.6 Å². The molecule has 0 bridgehead atoms. The fraction of sp³-hybridized carbons (Fsp3) is 1.00. The predicted molar refractivity (Wildman–Crippen MR) is 59.2 cm³/mol. The zero-order chi connectivity index (χ0) is 13.3. The molecule has 0 aromatic heterocycles. The minimum atomic E-state index is -1.41. The highest BCUT2D eigenvalue weighted by Gasteiger charge is 2.42. The van der Waals surface area contributed by atoms with Crippen LogP contribution in [0, 0.1) is 0 Å². The van der Waals surface area contributed by atoms with Crippen LogP contribution in [0.1, 0.15) is 27.2 Å². The molecule has 6 nitrogen and oxygen atoms in total. The van der Waals surface area contributed by atoms with Crippen LogP contribution in [0.5, 0.6) is 0 Å². The SMILES string of the molecule is CC(C)(O)OC1C[C@H](O)C(CO)OC[C@@]1(C)O. The number of rotatable bonds is 3. The average Bonchev–Trinajstić information content (AvgIpc) is 2.23. The van der Waals surface area contributed by atoms with Gasteiger partial charge in [-0.2, -0.15) is 0 Å². The van der Waals surface area contributed by atoms with E-state index >= 15 is 0 Å². The van der Waals surface area contributed by atoms with Gasteiger partial charge in [0.25, 0.3) is 0 Å². The van der Waals surface area contributed by atoms with Crippen LogP contribution in [0.15, 0.2) is 0 Å². The van der Waals surface area contributed by atoms with Gasteiger partial charge in [0.05, 0.1) is 25.4 Å². The Morgan fingerprint density at radius 2 is 2.06 bits per heavy atom. The van der Waals surface area contributed by atoms with Crippen molar-refractivity contribution in [2.75, 3.05) is 13.2 Å². The van der Waals surface area contributed by atoms with Gasteiger partial charge in [-0.05, 0) is 20.8 Å². The smallest absolute Gasteiger partial charge is 0.160 e. The lowest BCUT2D eigenvalue weighted by molar-refractivity contribution is -0.248. The fourth-order valence-electron chi connectivity index (χ4n) is 1.80. The van der Waals surface area contributed by atoms with E-state index in [0.717, 1.165) is 0 Å². The first kappa shape index (κ1) is 14.8. The van der Waals surface area contributed by atoms with E-state index in [2.05, 4.69) is 0 Å². The largest absolute Gasteiger partial charge is 0.394 e. The van der Waals surface area contributed by atoms with Crippen LogP contribution in [0.2, 0.25) is 0 Å². The van der Waals surface area contributed by atoms with Crippen LogP contribution in [0.4, 0.5) is 0 Å². The van der Waals surface area contributed by atoms with Crippen molar-refractivity contribution in [2.45, 2.75) is 56.9 Å². The van der Waals surface area contributed by atoms with Crippen LogP contribution < -0.4 is 0 Å². The van der Waals surface area contributed by atoms with Crippen molar-refractivity contribution in [2.24, 2.45) is 0 Å². The summed E-state index contributed by atoms with van der Waals surface area (Å²) in [6.07, 6.45) is -2.37. The van der Waals surface area contributed by atoms with Crippen LogP contribution >= 0.6 is 0 Å². The normalized spacial score (nSPS) is 40.1. The Kier molecular flexibility index (Phi) is 4.51. The van der Waals surface area contributed by atoms with Gasteiger partial charge in [0.1, 0.15) is 11.7 Å². The molecule has 1 saturated heterocycles. The van der Waals surface area contributed by atoms with E-state index in [0.29, 0.717) is 0 Å². The van der Waals surface area contributed by atoms with Crippen molar-refractivity contribution in [1.29, 1.82) is 0 Å². The number of hydrogen-bond acceptors (Lipinski definition) is 6. The summed E-state index contributed by atoms with van der Waals surface area (Å²) in [5.41, 5.74) is -1.33. The molecule has 4 atom stereocenters. The van der Waals surface area contributed by atoms with E-state index in [9.17, 15) is 15.3 Å². The molecule has 0 aromatic carbocycles. The van der Waals surface area contributed by atoms with Crippen molar-refractivity contribution in [3.05, 3.63) is 0 Å². The maximum atomic E-state index is 10.2. The molecule has 1 aliphatic rings. The number of ether oxygens (including phenoxy) is 2. The zero-order valence-electron chi connectivity index (χ0n) is 10.5. The van der Waals surface area contributed by atoms with E-state index in [1.807, 2.05) is 0 Å². The van der Waals surface area contributed by atoms with Crippen molar-refractivity contribution in [3.63, 3.8) is 0 Å². The maximum absolute atomic E-state index is 10.2. The second-order valence-electron chi connectivity index (χ2n) is 5.25. The van der Waals surface area contributed by atoms with Gasteiger partial charge < -0.3 is 29.9 Å². The van der Waals surface area contributed by atoms with Gasteiger partial charge >= 0.3 is 0 Å². The third-order valence-corrected chi connectivity index (χ3v) is 2.78. The molecule has 4 N–H and O–H groups in total. The van der Waals surface area contributed by atoms with Crippen molar-refractivity contribution in [1.82, 2.24) is 0 Å². The fourth-order valence-corrected chi connectivity index (χ4v) is 1.80. The Morgan fingerprint density at radius 3 is 2.53 bits per heavy atom. The maximum Gasteiger partial charge on any atom is 0.160 e. The molecule has 0 aromatic rings. The van der Waals surface area contributed by atoms with Gasteiger partial charge in [0.15, 0.2) is 5.79 Å². The zero-order valence-corrected chi connectivity index (χ0v) is 10.5. The average molecular weight is 250 g/mol. The van der Waals surface area contributed by atoms with Gasteiger partial charge in [-0.1, -0.05) is 0 Å². The molecule has 0 amide bonds. The van der Waals surface area contributed by atoms with Gasteiger partial charge in [0.2, 0.25) is 0 Å². The molecule has 1 rings (SSSR count). The highest BCUT2D eigenvalue weighted by molar-refractivity contribution is 4.91. The van der Waals surface area contributed by atoms with Crippen molar-refractivity contribution in [3.8, 4) is 0 Å². The summed E-state index contributed by atoms with van der Waals surface area (Å²) in [4.78, 5) is 0. The van der Waals surface area contributed by atoms with E-state index < -0.39 is 29.7 Å². The molecule has 0 radical (unpaired) electrons. The highest BCUT2D eigenvalue weighted by atomic mass is 16.6. The Labute approximate surface area is 101 Å². The summed E-state index contributed by atoms with van der Waals surface area (Å²) >= 11 is 0. The number of aliphatic hydroxyl groups is 4. The highest BCUT2D eigenvalue weighted by Crippen LogP contribution is 2.28. The molecule has 0 spiro atoms. The minimum absolute atomic E-state index is 0.0734. The third kappa shape index (κ3) is 4.17.